The van der Waals surface area contributed by atoms with E-state index in [4.69, 9.17) is 10.00 Å². The van der Waals surface area contributed by atoms with E-state index in [1.54, 1.807) is 18.2 Å². The second-order valence-electron chi connectivity index (χ2n) is 4.66. The number of carbonyl (C=O) groups is 1. The number of anilines is 1. The molecule has 0 saturated carbocycles. The van der Waals surface area contributed by atoms with Crippen LogP contribution < -0.4 is 4.90 Å². The fourth-order valence-corrected chi connectivity index (χ4v) is 2.10. The van der Waals surface area contributed by atoms with Gasteiger partial charge in [-0.3, -0.25) is 0 Å². The predicted molar refractivity (Wildman–Crippen MR) is 81.0 cm³/mol. The van der Waals surface area contributed by atoms with Crippen molar-refractivity contribution in [1.29, 1.82) is 5.26 Å². The van der Waals surface area contributed by atoms with Crippen LogP contribution in [-0.2, 0) is 11.3 Å². The third kappa shape index (κ3) is 3.40. The van der Waals surface area contributed by atoms with Crippen LogP contribution in [0, 0.1) is 11.3 Å². The molecular weight excluding hydrogens is 264 g/mol. The summed E-state index contributed by atoms with van der Waals surface area (Å²) < 4.78 is 4.80. The first-order valence-electron chi connectivity index (χ1n) is 6.53. The average Bonchev–Trinajstić information content (AvgIpc) is 2.54. The van der Waals surface area contributed by atoms with Crippen molar-refractivity contribution < 1.29 is 9.53 Å². The normalized spacial score (nSPS) is 9.76. The number of esters is 1. The maximum absolute atomic E-state index is 11.8. The molecule has 0 atom stereocenters. The van der Waals surface area contributed by atoms with Gasteiger partial charge in [0.1, 0.15) is 0 Å². The Morgan fingerprint density at radius 1 is 1.19 bits per heavy atom. The molecule has 2 aromatic carbocycles. The van der Waals surface area contributed by atoms with Crippen molar-refractivity contribution in [1.82, 2.24) is 0 Å². The van der Waals surface area contributed by atoms with Crippen molar-refractivity contribution >= 4 is 11.7 Å². The SMILES string of the molecule is COC(=O)c1ccccc1CN(C)c1ccc(C#N)cc1. The molecule has 2 aromatic rings. The zero-order valence-electron chi connectivity index (χ0n) is 12.0. The summed E-state index contributed by atoms with van der Waals surface area (Å²) in [7, 11) is 3.32. The van der Waals surface area contributed by atoms with Crippen LogP contribution in [-0.4, -0.2) is 20.1 Å². The molecular formula is C17H16N2O2. The van der Waals surface area contributed by atoms with Crippen LogP contribution in [0.25, 0.3) is 0 Å². The number of benzene rings is 2. The summed E-state index contributed by atoms with van der Waals surface area (Å²) in [4.78, 5) is 13.8. The van der Waals surface area contributed by atoms with Crippen molar-refractivity contribution in [3.8, 4) is 6.07 Å². The van der Waals surface area contributed by atoms with Gasteiger partial charge in [-0.1, -0.05) is 18.2 Å². The quantitative estimate of drug-likeness (QED) is 0.808. The lowest BCUT2D eigenvalue weighted by atomic mass is 10.1. The van der Waals surface area contributed by atoms with Crippen molar-refractivity contribution in [2.75, 3.05) is 19.1 Å². The molecule has 4 heteroatoms. The lowest BCUT2D eigenvalue weighted by Crippen LogP contribution is -2.18. The van der Waals surface area contributed by atoms with Crippen LogP contribution in [0.5, 0.6) is 0 Å². The number of nitrogens with zero attached hydrogens (tertiary/aromatic N) is 2. The second-order valence-corrected chi connectivity index (χ2v) is 4.66. The van der Waals surface area contributed by atoms with Crippen LogP contribution in [0.1, 0.15) is 21.5 Å². The number of methoxy groups -OCH3 is 1. The minimum absolute atomic E-state index is 0.334. The molecule has 0 fully saturated rings. The van der Waals surface area contributed by atoms with Crippen LogP contribution in [0.15, 0.2) is 48.5 Å². The summed E-state index contributed by atoms with van der Waals surface area (Å²) in [5, 5.41) is 8.81. The molecule has 0 aliphatic heterocycles. The van der Waals surface area contributed by atoms with E-state index < -0.39 is 0 Å². The van der Waals surface area contributed by atoms with Gasteiger partial charge in [0.2, 0.25) is 0 Å². The summed E-state index contributed by atoms with van der Waals surface area (Å²) >= 11 is 0. The molecule has 0 saturated heterocycles. The Morgan fingerprint density at radius 3 is 2.48 bits per heavy atom. The number of carbonyl (C=O) groups excluding carboxylic acids is 1. The van der Waals surface area contributed by atoms with E-state index in [-0.39, 0.29) is 5.97 Å². The van der Waals surface area contributed by atoms with Crippen LogP contribution in [0.4, 0.5) is 5.69 Å². The summed E-state index contributed by atoms with van der Waals surface area (Å²) in [6.45, 7) is 0.581. The molecule has 2 rings (SSSR count). The molecule has 0 aliphatic carbocycles. The maximum atomic E-state index is 11.8. The zero-order chi connectivity index (χ0) is 15.2. The molecule has 0 unspecified atom stereocenters. The molecule has 0 spiro atoms. The number of ether oxygens (including phenoxy) is 1. The first-order chi connectivity index (χ1) is 10.2. The molecule has 0 N–H and O–H groups in total. The van der Waals surface area contributed by atoms with Gasteiger partial charge in [0.05, 0.1) is 24.3 Å². The van der Waals surface area contributed by atoms with Crippen molar-refractivity contribution in [2.45, 2.75) is 6.54 Å². The summed E-state index contributed by atoms with van der Waals surface area (Å²) in [6.07, 6.45) is 0. The van der Waals surface area contributed by atoms with Gasteiger partial charge in [-0.05, 0) is 35.9 Å². The highest BCUT2D eigenvalue weighted by Crippen LogP contribution is 2.18. The molecule has 0 radical (unpaired) electrons. The van der Waals surface area contributed by atoms with Crippen LogP contribution in [0.3, 0.4) is 0 Å². The minimum atomic E-state index is -0.334. The summed E-state index contributed by atoms with van der Waals surface area (Å²) in [5.74, 6) is -0.334. The lowest BCUT2D eigenvalue weighted by Gasteiger charge is -2.20. The number of hydrogen-bond acceptors (Lipinski definition) is 4. The van der Waals surface area contributed by atoms with E-state index in [1.165, 1.54) is 7.11 Å². The lowest BCUT2D eigenvalue weighted by molar-refractivity contribution is 0.0599. The fraction of sp³-hybridized carbons (Fsp3) is 0.176. The third-order valence-corrected chi connectivity index (χ3v) is 3.27. The topological polar surface area (TPSA) is 53.3 Å². The van der Waals surface area contributed by atoms with Gasteiger partial charge in [0, 0.05) is 19.3 Å². The van der Waals surface area contributed by atoms with Gasteiger partial charge in [0.25, 0.3) is 0 Å². The van der Waals surface area contributed by atoms with E-state index in [1.807, 2.05) is 42.3 Å². The maximum Gasteiger partial charge on any atom is 0.338 e. The van der Waals surface area contributed by atoms with Gasteiger partial charge in [-0.2, -0.15) is 5.26 Å². The highest BCUT2D eigenvalue weighted by atomic mass is 16.5. The van der Waals surface area contributed by atoms with E-state index in [2.05, 4.69) is 6.07 Å². The van der Waals surface area contributed by atoms with E-state index in [9.17, 15) is 4.79 Å². The molecule has 0 amide bonds. The predicted octanol–water partition coefficient (Wildman–Crippen LogP) is 2.98. The van der Waals surface area contributed by atoms with Crippen molar-refractivity contribution in [3.05, 3.63) is 65.2 Å². The zero-order valence-corrected chi connectivity index (χ0v) is 12.0. The Kier molecular flexibility index (Phi) is 4.57. The Morgan fingerprint density at radius 2 is 1.86 bits per heavy atom. The largest absolute Gasteiger partial charge is 0.465 e. The molecule has 21 heavy (non-hydrogen) atoms. The van der Waals surface area contributed by atoms with Gasteiger partial charge >= 0.3 is 5.97 Å². The van der Waals surface area contributed by atoms with Gasteiger partial charge < -0.3 is 9.64 Å². The van der Waals surface area contributed by atoms with Gasteiger partial charge in [-0.15, -0.1) is 0 Å². The number of rotatable bonds is 4. The van der Waals surface area contributed by atoms with Gasteiger partial charge in [0.15, 0.2) is 0 Å². The van der Waals surface area contributed by atoms with E-state index >= 15 is 0 Å². The second kappa shape index (κ2) is 6.58. The highest BCUT2D eigenvalue weighted by molar-refractivity contribution is 5.91. The number of nitriles is 1. The highest BCUT2D eigenvalue weighted by Gasteiger charge is 2.12. The van der Waals surface area contributed by atoms with Gasteiger partial charge in [-0.25, -0.2) is 4.79 Å². The van der Waals surface area contributed by atoms with E-state index in [0.717, 1.165) is 11.3 Å². The molecule has 0 heterocycles. The average molecular weight is 280 g/mol. The Hall–Kier alpha value is -2.80. The smallest absolute Gasteiger partial charge is 0.338 e. The minimum Gasteiger partial charge on any atom is -0.465 e. The first-order valence-corrected chi connectivity index (χ1v) is 6.53. The number of hydrogen-bond donors (Lipinski definition) is 0. The molecule has 4 nitrogen and oxygen atoms in total. The monoisotopic (exact) mass is 280 g/mol. The molecule has 106 valence electrons. The third-order valence-electron chi connectivity index (χ3n) is 3.27. The van der Waals surface area contributed by atoms with Crippen LogP contribution >= 0.6 is 0 Å². The fourth-order valence-electron chi connectivity index (χ4n) is 2.10. The summed E-state index contributed by atoms with van der Waals surface area (Å²) in [6, 6.07) is 16.8. The molecule has 0 bridgehead atoms. The Balaban J connectivity index is 2.21. The van der Waals surface area contributed by atoms with E-state index in [0.29, 0.717) is 17.7 Å². The molecule has 0 aliphatic rings. The summed E-state index contributed by atoms with van der Waals surface area (Å²) in [5.41, 5.74) is 3.08. The van der Waals surface area contributed by atoms with Crippen LogP contribution in [0.2, 0.25) is 0 Å². The van der Waals surface area contributed by atoms with Crippen molar-refractivity contribution in [2.24, 2.45) is 0 Å². The molecule has 0 aromatic heterocycles. The van der Waals surface area contributed by atoms with Crippen molar-refractivity contribution in [3.63, 3.8) is 0 Å². The standard InChI is InChI=1S/C17H16N2O2/c1-19(15-9-7-13(11-18)8-10-15)12-14-5-3-4-6-16(14)17(20)21-2/h3-10H,12H2,1-2H3. The Bertz CT molecular complexity index is 672. The first kappa shape index (κ1) is 14.6. The Labute approximate surface area is 124 Å².